The zero-order valence-corrected chi connectivity index (χ0v) is 18.8. The molecule has 166 valence electrons. The van der Waals surface area contributed by atoms with Crippen molar-refractivity contribution in [3.8, 4) is 0 Å². The summed E-state index contributed by atoms with van der Waals surface area (Å²) in [6.45, 7) is 8.58. The van der Waals surface area contributed by atoms with E-state index >= 15 is 0 Å². The van der Waals surface area contributed by atoms with E-state index < -0.39 is 0 Å². The lowest BCUT2D eigenvalue weighted by Gasteiger charge is -2.30. The van der Waals surface area contributed by atoms with Crippen LogP contribution in [-0.2, 0) is 17.8 Å². The standard InChI is InChI=1S/C25H35N5O/c1-20-16-23(19-30(20)18-21-8-4-3-5-9-21)28-25(26-2)27-17-22-10-6-7-11-24(22)29-12-14-31-15-13-29/h3-11,20,23H,12-19H2,1-2H3,(H2,26,27,28). The molecule has 6 heteroatoms. The van der Waals surface area contributed by atoms with Gasteiger partial charge < -0.3 is 20.3 Å². The molecule has 2 unspecified atom stereocenters. The molecule has 2 aliphatic rings. The van der Waals surface area contributed by atoms with E-state index in [9.17, 15) is 0 Å². The highest BCUT2D eigenvalue weighted by atomic mass is 16.5. The number of anilines is 1. The van der Waals surface area contributed by atoms with Gasteiger partial charge in [0.05, 0.1) is 13.2 Å². The molecule has 0 aliphatic carbocycles. The smallest absolute Gasteiger partial charge is 0.191 e. The third kappa shape index (κ3) is 5.77. The van der Waals surface area contributed by atoms with E-state index in [0.717, 1.165) is 58.3 Å². The number of nitrogens with one attached hydrogen (secondary N) is 2. The summed E-state index contributed by atoms with van der Waals surface area (Å²) in [5.74, 6) is 0.871. The van der Waals surface area contributed by atoms with Crippen LogP contribution in [0, 0.1) is 0 Å². The Balaban J connectivity index is 1.31. The van der Waals surface area contributed by atoms with Gasteiger partial charge >= 0.3 is 0 Å². The Bertz CT molecular complexity index is 850. The molecule has 31 heavy (non-hydrogen) atoms. The van der Waals surface area contributed by atoms with Crippen LogP contribution < -0.4 is 15.5 Å². The van der Waals surface area contributed by atoms with Crippen LogP contribution in [0.1, 0.15) is 24.5 Å². The molecule has 0 amide bonds. The van der Waals surface area contributed by atoms with Gasteiger partial charge in [-0.2, -0.15) is 0 Å². The fraction of sp³-hybridized carbons (Fsp3) is 0.480. The third-order valence-corrected chi connectivity index (χ3v) is 6.29. The van der Waals surface area contributed by atoms with Gasteiger partial charge in [0.25, 0.3) is 0 Å². The molecule has 4 rings (SSSR count). The van der Waals surface area contributed by atoms with Crippen molar-refractivity contribution < 1.29 is 4.74 Å². The minimum atomic E-state index is 0.402. The highest BCUT2D eigenvalue weighted by Gasteiger charge is 2.29. The molecule has 2 heterocycles. The van der Waals surface area contributed by atoms with Gasteiger partial charge in [0.2, 0.25) is 0 Å². The van der Waals surface area contributed by atoms with E-state index in [1.165, 1.54) is 16.8 Å². The van der Waals surface area contributed by atoms with E-state index in [1.54, 1.807) is 0 Å². The van der Waals surface area contributed by atoms with Gasteiger partial charge in [0.15, 0.2) is 5.96 Å². The topological polar surface area (TPSA) is 52.1 Å². The van der Waals surface area contributed by atoms with E-state index in [-0.39, 0.29) is 0 Å². The summed E-state index contributed by atoms with van der Waals surface area (Å²) in [5, 5.41) is 7.18. The number of para-hydroxylation sites is 1. The fourth-order valence-electron chi connectivity index (χ4n) is 4.58. The molecule has 2 atom stereocenters. The Morgan fingerprint density at radius 1 is 1.06 bits per heavy atom. The summed E-state index contributed by atoms with van der Waals surface area (Å²) in [5.41, 5.74) is 3.95. The number of morpholine rings is 1. The molecule has 2 aliphatic heterocycles. The maximum Gasteiger partial charge on any atom is 0.191 e. The van der Waals surface area contributed by atoms with Gasteiger partial charge in [-0.05, 0) is 30.5 Å². The van der Waals surface area contributed by atoms with Gasteiger partial charge in [-0.25, -0.2) is 0 Å². The number of hydrogen-bond donors (Lipinski definition) is 2. The number of hydrogen-bond acceptors (Lipinski definition) is 4. The summed E-state index contributed by atoms with van der Waals surface area (Å²) in [6, 6.07) is 20.3. The van der Waals surface area contributed by atoms with Crippen LogP contribution in [0.2, 0.25) is 0 Å². The number of benzene rings is 2. The quantitative estimate of drug-likeness (QED) is 0.555. The Kier molecular flexibility index (Phi) is 7.43. The number of ether oxygens (including phenoxy) is 1. The van der Waals surface area contributed by atoms with Crippen molar-refractivity contribution in [1.29, 1.82) is 0 Å². The summed E-state index contributed by atoms with van der Waals surface area (Å²) in [4.78, 5) is 9.45. The zero-order chi connectivity index (χ0) is 21.5. The Hall–Kier alpha value is -2.57. The van der Waals surface area contributed by atoms with Crippen molar-refractivity contribution >= 4 is 11.6 Å². The molecule has 0 saturated carbocycles. The maximum absolute atomic E-state index is 5.52. The largest absolute Gasteiger partial charge is 0.378 e. The van der Waals surface area contributed by atoms with Crippen molar-refractivity contribution in [2.45, 2.75) is 38.5 Å². The molecule has 6 nitrogen and oxygen atoms in total. The SMILES string of the molecule is CN=C(NCc1ccccc1N1CCOCC1)NC1CC(C)N(Cc2ccccc2)C1. The molecular formula is C25H35N5O. The van der Waals surface area contributed by atoms with Crippen LogP contribution in [0.3, 0.4) is 0 Å². The summed E-state index contributed by atoms with van der Waals surface area (Å²) >= 11 is 0. The number of guanidine groups is 1. The van der Waals surface area contributed by atoms with Crippen LogP contribution in [-0.4, -0.2) is 62.8 Å². The maximum atomic E-state index is 5.52. The van der Waals surface area contributed by atoms with E-state index in [2.05, 4.69) is 86.9 Å². The van der Waals surface area contributed by atoms with Crippen molar-refractivity contribution in [3.05, 3.63) is 65.7 Å². The first-order chi connectivity index (χ1) is 15.2. The molecular weight excluding hydrogens is 386 g/mol. The molecule has 2 N–H and O–H groups in total. The Morgan fingerprint density at radius 3 is 2.58 bits per heavy atom. The first kappa shape index (κ1) is 21.7. The monoisotopic (exact) mass is 421 g/mol. The van der Waals surface area contributed by atoms with Crippen LogP contribution >= 0.6 is 0 Å². The van der Waals surface area contributed by atoms with Gasteiger partial charge in [0, 0.05) is 57.5 Å². The van der Waals surface area contributed by atoms with Crippen LogP contribution in [0.25, 0.3) is 0 Å². The first-order valence-electron chi connectivity index (χ1n) is 11.4. The second kappa shape index (κ2) is 10.6. The Morgan fingerprint density at radius 2 is 1.81 bits per heavy atom. The van der Waals surface area contributed by atoms with Gasteiger partial charge in [-0.1, -0.05) is 48.5 Å². The molecule has 0 radical (unpaired) electrons. The molecule has 0 spiro atoms. The molecule has 2 fully saturated rings. The lowest BCUT2D eigenvalue weighted by molar-refractivity contribution is 0.122. The minimum Gasteiger partial charge on any atom is -0.378 e. The normalized spacial score (nSPS) is 22.5. The lowest BCUT2D eigenvalue weighted by Crippen LogP contribution is -2.44. The van der Waals surface area contributed by atoms with E-state index in [0.29, 0.717) is 12.1 Å². The second-order valence-corrected chi connectivity index (χ2v) is 8.49. The average Bonchev–Trinajstić information content (AvgIpc) is 3.16. The van der Waals surface area contributed by atoms with Gasteiger partial charge in [-0.15, -0.1) is 0 Å². The number of likely N-dealkylation sites (tertiary alicyclic amines) is 1. The fourth-order valence-corrected chi connectivity index (χ4v) is 4.58. The first-order valence-corrected chi connectivity index (χ1v) is 11.4. The van der Waals surface area contributed by atoms with E-state index in [4.69, 9.17) is 4.74 Å². The predicted molar refractivity (Wildman–Crippen MR) is 128 cm³/mol. The third-order valence-electron chi connectivity index (χ3n) is 6.29. The van der Waals surface area contributed by atoms with E-state index in [1.807, 2.05) is 7.05 Å². The van der Waals surface area contributed by atoms with Crippen molar-refractivity contribution in [1.82, 2.24) is 15.5 Å². The molecule has 0 aromatic heterocycles. The lowest BCUT2D eigenvalue weighted by atomic mass is 10.1. The van der Waals surface area contributed by atoms with Crippen LogP contribution in [0.5, 0.6) is 0 Å². The highest BCUT2D eigenvalue weighted by Crippen LogP contribution is 2.22. The van der Waals surface area contributed by atoms with Gasteiger partial charge in [-0.3, -0.25) is 9.89 Å². The Labute approximate surface area is 186 Å². The van der Waals surface area contributed by atoms with Gasteiger partial charge in [0.1, 0.15) is 0 Å². The number of nitrogens with zero attached hydrogens (tertiary/aromatic N) is 3. The van der Waals surface area contributed by atoms with Crippen molar-refractivity contribution in [2.24, 2.45) is 4.99 Å². The molecule has 2 aromatic rings. The number of rotatable bonds is 6. The summed E-state index contributed by atoms with van der Waals surface area (Å²) < 4.78 is 5.52. The number of aliphatic imine (C=N–C) groups is 1. The second-order valence-electron chi connectivity index (χ2n) is 8.49. The summed E-state index contributed by atoms with van der Waals surface area (Å²) in [7, 11) is 1.85. The zero-order valence-electron chi connectivity index (χ0n) is 18.8. The van der Waals surface area contributed by atoms with Crippen molar-refractivity contribution in [3.63, 3.8) is 0 Å². The molecule has 2 saturated heterocycles. The highest BCUT2D eigenvalue weighted by molar-refractivity contribution is 5.80. The average molecular weight is 422 g/mol. The molecule has 0 bridgehead atoms. The molecule has 2 aromatic carbocycles. The summed E-state index contributed by atoms with van der Waals surface area (Å²) in [6.07, 6.45) is 1.12. The predicted octanol–water partition coefficient (Wildman–Crippen LogP) is 2.85. The van der Waals surface area contributed by atoms with Crippen LogP contribution in [0.15, 0.2) is 59.6 Å². The van der Waals surface area contributed by atoms with Crippen LogP contribution in [0.4, 0.5) is 5.69 Å². The minimum absolute atomic E-state index is 0.402. The van der Waals surface area contributed by atoms with Crippen molar-refractivity contribution in [2.75, 3.05) is 44.8 Å².